The lowest BCUT2D eigenvalue weighted by Crippen LogP contribution is -2.50. The third-order valence-electron chi connectivity index (χ3n) is 9.00. The molecule has 2 atom stereocenters. The van der Waals surface area contributed by atoms with Crippen LogP contribution in [0.5, 0.6) is 5.75 Å². The first-order valence-electron chi connectivity index (χ1n) is 15.6. The number of aromatic nitrogens is 2. The molecule has 1 aromatic heterocycles. The molecule has 5 rings (SSSR count). The summed E-state index contributed by atoms with van der Waals surface area (Å²) < 4.78 is 47.6. The Morgan fingerprint density at radius 1 is 0.955 bits per heavy atom. The maximum atomic E-state index is 14.0. The zero-order chi connectivity index (χ0) is 31.3. The standard InChI is InChI=1S/C31H42F3N7O3/c1-41-15-13-21(14-16-41)36-29(43)20-11-12-25(26(17-20)44-2)39-30-35-18-22(31(32,33)34)27(40-30)37-23-9-5-6-10-24(23)38-28(42)19-7-3-4-8-19/h11-12,17-19,21,23-24H,3-10,13-16H2,1-2H3,(H,36,43)(H,38,42)(H2,35,37,39,40)/t23-,24-/m1/s1. The molecule has 2 saturated carbocycles. The Morgan fingerprint density at radius 2 is 1.64 bits per heavy atom. The van der Waals surface area contributed by atoms with Crippen LogP contribution in [0.4, 0.5) is 30.6 Å². The van der Waals surface area contributed by atoms with Crippen LogP contribution in [0.1, 0.15) is 80.1 Å². The summed E-state index contributed by atoms with van der Waals surface area (Å²) in [6.07, 6.45) is 4.57. The van der Waals surface area contributed by atoms with Gasteiger partial charge in [0, 0.05) is 35.8 Å². The first kappa shape index (κ1) is 31.8. The fraction of sp³-hybridized carbons (Fsp3) is 0.613. The number of hydrogen-bond donors (Lipinski definition) is 4. The zero-order valence-corrected chi connectivity index (χ0v) is 25.3. The fourth-order valence-electron chi connectivity index (χ4n) is 6.38. The number of alkyl halides is 3. The number of benzene rings is 1. The van der Waals surface area contributed by atoms with Gasteiger partial charge in [-0.15, -0.1) is 0 Å². The number of carbonyl (C=O) groups is 2. The molecule has 10 nitrogen and oxygen atoms in total. The van der Waals surface area contributed by atoms with Crippen molar-refractivity contribution >= 4 is 29.3 Å². The topological polar surface area (TPSA) is 121 Å². The highest BCUT2D eigenvalue weighted by Gasteiger charge is 2.37. The van der Waals surface area contributed by atoms with Crippen LogP contribution in [0.2, 0.25) is 0 Å². The van der Waals surface area contributed by atoms with Crippen molar-refractivity contribution in [2.45, 2.75) is 88.5 Å². The lowest BCUT2D eigenvalue weighted by molar-refractivity contribution is -0.137. The van der Waals surface area contributed by atoms with Crippen LogP contribution >= 0.6 is 0 Å². The summed E-state index contributed by atoms with van der Waals surface area (Å²) in [4.78, 5) is 36.1. The van der Waals surface area contributed by atoms with Gasteiger partial charge in [0.1, 0.15) is 17.1 Å². The van der Waals surface area contributed by atoms with Crippen LogP contribution in [0.3, 0.4) is 0 Å². The normalized spacial score (nSPS) is 21.9. The van der Waals surface area contributed by atoms with Gasteiger partial charge in [-0.1, -0.05) is 25.7 Å². The molecule has 13 heteroatoms. The van der Waals surface area contributed by atoms with Crippen molar-refractivity contribution in [1.82, 2.24) is 25.5 Å². The molecule has 0 spiro atoms. The Hall–Kier alpha value is -3.61. The molecule has 2 aliphatic carbocycles. The number of piperidine rings is 1. The third kappa shape index (κ3) is 7.91. The van der Waals surface area contributed by atoms with Crippen molar-refractivity contribution < 1.29 is 27.5 Å². The first-order chi connectivity index (χ1) is 21.1. The molecule has 3 aliphatic rings. The van der Waals surface area contributed by atoms with Gasteiger partial charge >= 0.3 is 6.18 Å². The van der Waals surface area contributed by atoms with Gasteiger partial charge in [-0.2, -0.15) is 18.2 Å². The van der Waals surface area contributed by atoms with E-state index in [2.05, 4.69) is 43.2 Å². The number of likely N-dealkylation sites (tertiary alicyclic amines) is 1. The minimum absolute atomic E-state index is 0.0159. The third-order valence-corrected chi connectivity index (χ3v) is 9.00. The average molecular weight is 618 g/mol. The van der Waals surface area contributed by atoms with Crippen LogP contribution in [0, 0.1) is 5.92 Å². The number of halogens is 3. The molecule has 2 amide bonds. The summed E-state index contributed by atoms with van der Waals surface area (Å²) in [6, 6.07) is 4.21. The van der Waals surface area contributed by atoms with Gasteiger partial charge in [-0.3, -0.25) is 9.59 Å². The van der Waals surface area contributed by atoms with Gasteiger partial charge in [0.05, 0.1) is 12.8 Å². The molecule has 1 aliphatic heterocycles. The molecule has 3 fully saturated rings. The average Bonchev–Trinajstić information content (AvgIpc) is 3.55. The van der Waals surface area contributed by atoms with Crippen LogP contribution in [-0.4, -0.2) is 72.1 Å². The van der Waals surface area contributed by atoms with Crippen molar-refractivity contribution in [2.24, 2.45) is 5.92 Å². The number of hydrogen-bond acceptors (Lipinski definition) is 8. The van der Waals surface area contributed by atoms with Crippen molar-refractivity contribution in [3.05, 3.63) is 35.5 Å². The Morgan fingerprint density at radius 3 is 2.32 bits per heavy atom. The number of methoxy groups -OCH3 is 1. The van der Waals surface area contributed by atoms with E-state index in [1.807, 2.05) is 0 Å². The predicted molar refractivity (Wildman–Crippen MR) is 161 cm³/mol. The lowest BCUT2D eigenvalue weighted by Gasteiger charge is -2.34. The van der Waals surface area contributed by atoms with E-state index < -0.39 is 17.8 Å². The maximum Gasteiger partial charge on any atom is 0.421 e. The highest BCUT2D eigenvalue weighted by atomic mass is 19.4. The minimum atomic E-state index is -4.68. The second-order valence-electron chi connectivity index (χ2n) is 12.2. The van der Waals surface area contributed by atoms with E-state index in [0.29, 0.717) is 29.8 Å². The highest BCUT2D eigenvalue weighted by Crippen LogP contribution is 2.36. The number of rotatable bonds is 9. The van der Waals surface area contributed by atoms with Crippen molar-refractivity contribution in [3.8, 4) is 5.75 Å². The summed E-state index contributed by atoms with van der Waals surface area (Å²) in [5.41, 5.74) is -0.180. The van der Waals surface area contributed by atoms with Gasteiger partial charge in [0.15, 0.2) is 0 Å². The van der Waals surface area contributed by atoms with Crippen LogP contribution < -0.4 is 26.0 Å². The summed E-state index contributed by atoms with van der Waals surface area (Å²) in [5.74, 6) is -0.359. The lowest BCUT2D eigenvalue weighted by atomic mass is 9.89. The predicted octanol–water partition coefficient (Wildman–Crippen LogP) is 5.10. The molecule has 0 unspecified atom stereocenters. The first-order valence-corrected chi connectivity index (χ1v) is 15.6. The number of nitrogens with zero attached hydrogens (tertiary/aromatic N) is 3. The van der Waals surface area contributed by atoms with Gasteiger partial charge in [-0.25, -0.2) is 4.98 Å². The van der Waals surface area contributed by atoms with Crippen molar-refractivity contribution in [1.29, 1.82) is 0 Å². The Bertz CT molecular complexity index is 1310. The van der Waals surface area contributed by atoms with Gasteiger partial charge in [0.2, 0.25) is 11.9 Å². The number of amides is 2. The molecule has 1 saturated heterocycles. The van der Waals surface area contributed by atoms with Crippen LogP contribution in [0.15, 0.2) is 24.4 Å². The van der Waals surface area contributed by atoms with Gasteiger partial charge in [0.25, 0.3) is 5.91 Å². The van der Waals surface area contributed by atoms with E-state index >= 15 is 0 Å². The van der Waals surface area contributed by atoms with Crippen molar-refractivity contribution in [2.75, 3.05) is 37.9 Å². The molecule has 44 heavy (non-hydrogen) atoms. The molecule has 1 aromatic carbocycles. The smallest absolute Gasteiger partial charge is 0.421 e. The number of ether oxygens (including phenoxy) is 1. The number of nitrogens with one attached hydrogen (secondary N) is 4. The molecular formula is C31H42F3N7O3. The summed E-state index contributed by atoms with van der Waals surface area (Å²) >= 11 is 0. The molecule has 0 bridgehead atoms. The Kier molecular flexibility index (Phi) is 10.1. The van der Waals surface area contributed by atoms with Crippen LogP contribution in [-0.2, 0) is 11.0 Å². The van der Waals surface area contributed by atoms with Crippen molar-refractivity contribution in [3.63, 3.8) is 0 Å². The van der Waals surface area contributed by atoms with E-state index in [9.17, 15) is 22.8 Å². The zero-order valence-electron chi connectivity index (χ0n) is 25.3. The number of anilines is 3. The van der Waals surface area contributed by atoms with E-state index in [1.165, 1.54) is 7.11 Å². The largest absolute Gasteiger partial charge is 0.495 e. The Balaban J connectivity index is 1.31. The highest BCUT2D eigenvalue weighted by molar-refractivity contribution is 5.95. The van der Waals surface area contributed by atoms with Crippen LogP contribution in [0.25, 0.3) is 0 Å². The van der Waals surface area contributed by atoms with E-state index in [-0.39, 0.29) is 41.6 Å². The summed E-state index contributed by atoms with van der Waals surface area (Å²) in [7, 11) is 3.50. The SMILES string of the molecule is COc1cc(C(=O)NC2CCN(C)CC2)ccc1Nc1ncc(C(F)(F)F)c(N[C@@H]2CCCC[C@H]2NC(=O)C2CCCC2)n1. The Labute approximate surface area is 255 Å². The molecule has 2 aromatic rings. The van der Waals surface area contributed by atoms with Gasteiger partial charge < -0.3 is 30.9 Å². The molecule has 4 N–H and O–H groups in total. The number of carbonyl (C=O) groups excluding carboxylic acids is 2. The monoisotopic (exact) mass is 617 g/mol. The van der Waals surface area contributed by atoms with E-state index in [4.69, 9.17) is 4.74 Å². The quantitative estimate of drug-likeness (QED) is 0.307. The maximum absolute atomic E-state index is 14.0. The molecular weight excluding hydrogens is 575 g/mol. The molecule has 240 valence electrons. The second kappa shape index (κ2) is 14.0. The molecule has 2 heterocycles. The van der Waals surface area contributed by atoms with Gasteiger partial charge in [-0.05, 0) is 76.9 Å². The van der Waals surface area contributed by atoms with E-state index in [1.54, 1.807) is 18.2 Å². The molecule has 0 radical (unpaired) electrons. The van der Waals surface area contributed by atoms with E-state index in [0.717, 1.165) is 70.7 Å². The second-order valence-corrected chi connectivity index (χ2v) is 12.2. The summed E-state index contributed by atoms with van der Waals surface area (Å²) in [5, 5.41) is 12.1. The minimum Gasteiger partial charge on any atom is -0.495 e. The fourth-order valence-corrected chi connectivity index (χ4v) is 6.38. The summed E-state index contributed by atoms with van der Waals surface area (Å²) in [6.45, 7) is 1.83.